The molecule has 0 saturated carbocycles. The minimum absolute atomic E-state index is 0.0664. The van der Waals surface area contributed by atoms with Crippen molar-refractivity contribution in [3.63, 3.8) is 0 Å². The molecule has 0 radical (unpaired) electrons. The van der Waals surface area contributed by atoms with Crippen molar-refractivity contribution in [2.75, 3.05) is 20.3 Å². The van der Waals surface area contributed by atoms with Gasteiger partial charge >= 0.3 is 0 Å². The molecule has 1 atom stereocenters. The third kappa shape index (κ3) is 4.38. The molecule has 0 spiro atoms. The van der Waals surface area contributed by atoms with Gasteiger partial charge in [0.1, 0.15) is 5.82 Å². The maximum atomic E-state index is 13.0. The molecule has 0 aliphatic carbocycles. The molecule has 0 saturated heterocycles. The van der Waals surface area contributed by atoms with Gasteiger partial charge in [-0.25, -0.2) is 4.39 Å². The smallest absolute Gasteiger partial charge is 0.274 e. The van der Waals surface area contributed by atoms with Crippen molar-refractivity contribution < 1.29 is 14.1 Å². The van der Waals surface area contributed by atoms with Gasteiger partial charge in [0.2, 0.25) is 0 Å². The molecule has 1 N–H and O–H groups in total. The summed E-state index contributed by atoms with van der Waals surface area (Å²) in [6.07, 6.45) is 0. The van der Waals surface area contributed by atoms with E-state index in [0.717, 1.165) is 6.07 Å². The van der Waals surface area contributed by atoms with Crippen molar-refractivity contribution in [2.45, 2.75) is 13.5 Å². The molecule has 0 amide bonds. The molecule has 100 valence electrons. The van der Waals surface area contributed by atoms with Crippen LogP contribution in [0.25, 0.3) is 0 Å². The summed E-state index contributed by atoms with van der Waals surface area (Å²) < 4.78 is 18.0. The first-order valence-electron chi connectivity index (χ1n) is 5.67. The average Bonchev–Trinajstić information content (AvgIpc) is 2.29. The van der Waals surface area contributed by atoms with Gasteiger partial charge in [-0.15, -0.1) is 0 Å². The van der Waals surface area contributed by atoms with Crippen LogP contribution in [0.15, 0.2) is 18.2 Å². The standard InChI is InChI=1S/C12H17FN2O3/c1-9(8-18-2)6-14-7-10-5-11(13)3-4-12(10)15(16)17/h3-5,9,14H,6-8H2,1-2H3. The van der Waals surface area contributed by atoms with Crippen LogP contribution in [0.2, 0.25) is 0 Å². The van der Waals surface area contributed by atoms with Gasteiger partial charge in [0.25, 0.3) is 5.69 Å². The summed E-state index contributed by atoms with van der Waals surface area (Å²) in [5.74, 6) is -0.176. The Bertz CT molecular complexity index is 412. The third-order valence-electron chi connectivity index (χ3n) is 2.50. The van der Waals surface area contributed by atoms with Gasteiger partial charge in [0.15, 0.2) is 0 Å². The maximum absolute atomic E-state index is 13.0. The highest BCUT2D eigenvalue weighted by atomic mass is 19.1. The molecule has 1 aromatic carbocycles. The topological polar surface area (TPSA) is 64.4 Å². The van der Waals surface area contributed by atoms with E-state index in [9.17, 15) is 14.5 Å². The van der Waals surface area contributed by atoms with Crippen molar-refractivity contribution in [3.8, 4) is 0 Å². The molecule has 0 aromatic heterocycles. The van der Waals surface area contributed by atoms with Gasteiger partial charge in [0, 0.05) is 38.4 Å². The first kappa shape index (κ1) is 14.5. The number of halogens is 1. The molecule has 0 fully saturated rings. The molecule has 1 aromatic rings. The van der Waals surface area contributed by atoms with Crippen LogP contribution in [0.1, 0.15) is 12.5 Å². The highest BCUT2D eigenvalue weighted by molar-refractivity contribution is 5.40. The Balaban J connectivity index is 2.60. The Labute approximate surface area is 105 Å². The highest BCUT2D eigenvalue weighted by Gasteiger charge is 2.14. The predicted octanol–water partition coefficient (Wildman–Crippen LogP) is 2.11. The van der Waals surface area contributed by atoms with E-state index in [2.05, 4.69) is 5.32 Å². The first-order valence-corrected chi connectivity index (χ1v) is 5.67. The van der Waals surface area contributed by atoms with Crippen molar-refractivity contribution in [3.05, 3.63) is 39.7 Å². The Morgan fingerprint density at radius 2 is 2.28 bits per heavy atom. The maximum Gasteiger partial charge on any atom is 0.274 e. The summed E-state index contributed by atoms with van der Waals surface area (Å²) in [4.78, 5) is 10.3. The molecule has 0 heterocycles. The predicted molar refractivity (Wildman–Crippen MR) is 65.8 cm³/mol. The van der Waals surface area contributed by atoms with Crippen LogP contribution in [0, 0.1) is 21.8 Å². The summed E-state index contributed by atoms with van der Waals surface area (Å²) in [6.45, 7) is 3.53. The number of nitrogens with zero attached hydrogens (tertiary/aromatic N) is 1. The number of nitrogens with one attached hydrogen (secondary N) is 1. The minimum atomic E-state index is -0.505. The zero-order chi connectivity index (χ0) is 13.5. The van der Waals surface area contributed by atoms with Crippen molar-refractivity contribution in [1.29, 1.82) is 0 Å². The number of nitro groups is 1. The van der Waals surface area contributed by atoms with Crippen LogP contribution >= 0.6 is 0 Å². The molecular weight excluding hydrogens is 239 g/mol. The minimum Gasteiger partial charge on any atom is -0.384 e. The molecule has 6 heteroatoms. The largest absolute Gasteiger partial charge is 0.384 e. The van der Waals surface area contributed by atoms with Gasteiger partial charge in [-0.05, 0) is 18.1 Å². The lowest BCUT2D eigenvalue weighted by molar-refractivity contribution is -0.385. The first-order chi connectivity index (χ1) is 8.54. The van der Waals surface area contributed by atoms with Crippen molar-refractivity contribution in [2.24, 2.45) is 5.92 Å². The van der Waals surface area contributed by atoms with Crippen molar-refractivity contribution in [1.82, 2.24) is 5.32 Å². The number of methoxy groups -OCH3 is 1. The van der Waals surface area contributed by atoms with Crippen LogP contribution in [0.5, 0.6) is 0 Å². The van der Waals surface area contributed by atoms with Gasteiger partial charge in [-0.3, -0.25) is 10.1 Å². The third-order valence-corrected chi connectivity index (χ3v) is 2.50. The van der Waals surface area contributed by atoms with Crippen LogP contribution in [0.3, 0.4) is 0 Å². The van der Waals surface area contributed by atoms with Gasteiger partial charge < -0.3 is 10.1 Å². The Hall–Kier alpha value is -1.53. The lowest BCUT2D eigenvalue weighted by Gasteiger charge is -2.11. The lowest BCUT2D eigenvalue weighted by atomic mass is 10.1. The van der Waals surface area contributed by atoms with E-state index in [0.29, 0.717) is 24.6 Å². The number of hydrogen-bond acceptors (Lipinski definition) is 4. The second-order valence-corrected chi connectivity index (χ2v) is 4.22. The summed E-state index contributed by atoms with van der Waals surface area (Å²) in [5.41, 5.74) is 0.285. The van der Waals surface area contributed by atoms with Crippen LogP contribution in [0.4, 0.5) is 10.1 Å². The van der Waals surface area contributed by atoms with E-state index in [1.165, 1.54) is 12.1 Å². The number of ether oxygens (including phenoxy) is 1. The van der Waals surface area contributed by atoms with Crippen LogP contribution in [-0.2, 0) is 11.3 Å². The molecule has 18 heavy (non-hydrogen) atoms. The van der Waals surface area contributed by atoms with E-state index in [1.807, 2.05) is 6.92 Å². The summed E-state index contributed by atoms with van der Waals surface area (Å²) in [5, 5.41) is 13.8. The molecule has 1 rings (SSSR count). The monoisotopic (exact) mass is 256 g/mol. The molecule has 0 bridgehead atoms. The SMILES string of the molecule is COCC(C)CNCc1cc(F)ccc1[N+](=O)[O-]. The molecule has 5 nitrogen and oxygen atoms in total. The summed E-state index contributed by atoms with van der Waals surface area (Å²) in [6, 6.07) is 3.46. The zero-order valence-electron chi connectivity index (χ0n) is 10.5. The van der Waals surface area contributed by atoms with Gasteiger partial charge in [-0.2, -0.15) is 0 Å². The molecule has 1 unspecified atom stereocenters. The van der Waals surface area contributed by atoms with Crippen LogP contribution < -0.4 is 5.32 Å². The average molecular weight is 256 g/mol. The van der Waals surface area contributed by atoms with Crippen LogP contribution in [-0.4, -0.2) is 25.2 Å². The lowest BCUT2D eigenvalue weighted by Crippen LogP contribution is -2.23. The molecular formula is C12H17FN2O3. The van der Waals surface area contributed by atoms with E-state index < -0.39 is 10.7 Å². The number of nitro benzene ring substituents is 1. The fraction of sp³-hybridized carbons (Fsp3) is 0.500. The number of hydrogen-bond donors (Lipinski definition) is 1. The zero-order valence-corrected chi connectivity index (χ0v) is 10.5. The Morgan fingerprint density at radius 3 is 2.89 bits per heavy atom. The Morgan fingerprint density at radius 1 is 1.56 bits per heavy atom. The van der Waals surface area contributed by atoms with E-state index >= 15 is 0 Å². The number of rotatable bonds is 7. The molecule has 0 aliphatic rings. The second kappa shape index (κ2) is 7.03. The van der Waals surface area contributed by atoms with E-state index in [-0.39, 0.29) is 12.2 Å². The number of benzene rings is 1. The fourth-order valence-electron chi connectivity index (χ4n) is 1.67. The van der Waals surface area contributed by atoms with Gasteiger partial charge in [-0.1, -0.05) is 6.92 Å². The van der Waals surface area contributed by atoms with E-state index in [1.54, 1.807) is 7.11 Å². The quantitative estimate of drug-likeness (QED) is 0.599. The van der Waals surface area contributed by atoms with E-state index in [4.69, 9.17) is 4.74 Å². The summed E-state index contributed by atoms with van der Waals surface area (Å²) >= 11 is 0. The Kier molecular flexibility index (Phi) is 5.67. The van der Waals surface area contributed by atoms with Gasteiger partial charge in [0.05, 0.1) is 4.92 Å². The molecule has 0 aliphatic heterocycles. The fourth-order valence-corrected chi connectivity index (χ4v) is 1.67. The van der Waals surface area contributed by atoms with Crippen molar-refractivity contribution >= 4 is 5.69 Å². The normalized spacial score (nSPS) is 12.4. The summed E-state index contributed by atoms with van der Waals surface area (Å²) in [7, 11) is 1.62. The second-order valence-electron chi connectivity index (χ2n) is 4.22. The highest BCUT2D eigenvalue weighted by Crippen LogP contribution is 2.19.